The Kier molecular flexibility index (Phi) is 5.56. The third-order valence-corrected chi connectivity index (χ3v) is 8.51. The molecule has 2 atom stereocenters. The van der Waals surface area contributed by atoms with Crippen LogP contribution in [-0.2, 0) is 11.2 Å². The molecule has 0 radical (unpaired) electrons. The van der Waals surface area contributed by atoms with Gasteiger partial charge in [-0.3, -0.25) is 4.90 Å². The molecule has 5 heteroatoms. The lowest BCUT2D eigenvalue weighted by Gasteiger charge is -2.44. The summed E-state index contributed by atoms with van der Waals surface area (Å²) in [7, 11) is 0. The number of aryl methyl sites for hydroxylation is 1. The van der Waals surface area contributed by atoms with Crippen molar-refractivity contribution in [2.75, 3.05) is 19.6 Å². The van der Waals surface area contributed by atoms with Crippen molar-refractivity contribution < 1.29 is 14.3 Å². The highest BCUT2D eigenvalue weighted by Crippen LogP contribution is 2.61. The third-order valence-electron chi connectivity index (χ3n) is 8.51. The van der Waals surface area contributed by atoms with Crippen molar-refractivity contribution in [2.24, 2.45) is 11.3 Å². The third kappa shape index (κ3) is 4.19. The van der Waals surface area contributed by atoms with Crippen LogP contribution in [0.4, 0.5) is 4.79 Å². The van der Waals surface area contributed by atoms with Crippen molar-refractivity contribution in [1.82, 2.24) is 10.2 Å². The smallest absolute Gasteiger partial charge is 0.407 e. The number of amides is 1. The fourth-order valence-electron chi connectivity index (χ4n) is 6.43. The average Bonchev–Trinajstić information content (AvgIpc) is 3.62. The van der Waals surface area contributed by atoms with Crippen molar-refractivity contribution >= 4 is 6.09 Å². The molecule has 180 valence electrons. The van der Waals surface area contributed by atoms with Gasteiger partial charge < -0.3 is 14.8 Å². The molecule has 3 aliphatic heterocycles. The molecular weight excluding hydrogens is 424 g/mol. The van der Waals surface area contributed by atoms with Crippen molar-refractivity contribution in [3.05, 3.63) is 53.6 Å². The zero-order valence-electron chi connectivity index (χ0n) is 20.4. The lowest BCUT2D eigenvalue weighted by Crippen LogP contribution is -2.53. The van der Waals surface area contributed by atoms with Gasteiger partial charge in [0, 0.05) is 6.54 Å². The summed E-state index contributed by atoms with van der Waals surface area (Å²) in [6.45, 7) is 7.30. The molecule has 1 amide bonds. The summed E-state index contributed by atoms with van der Waals surface area (Å²) < 4.78 is 11.9. The van der Waals surface area contributed by atoms with Crippen LogP contribution < -0.4 is 10.1 Å². The minimum atomic E-state index is -0.231. The first-order valence-corrected chi connectivity index (χ1v) is 13.1. The zero-order valence-corrected chi connectivity index (χ0v) is 20.4. The van der Waals surface area contributed by atoms with Crippen molar-refractivity contribution in [3.8, 4) is 16.9 Å². The van der Waals surface area contributed by atoms with Gasteiger partial charge in [-0.15, -0.1) is 0 Å². The van der Waals surface area contributed by atoms with Gasteiger partial charge in [-0.1, -0.05) is 30.3 Å². The maximum absolute atomic E-state index is 13.0. The highest BCUT2D eigenvalue weighted by molar-refractivity contribution is 5.70. The first kappa shape index (κ1) is 22.0. The highest BCUT2D eigenvalue weighted by Gasteiger charge is 2.53. The van der Waals surface area contributed by atoms with E-state index in [1.54, 1.807) is 0 Å². The summed E-state index contributed by atoms with van der Waals surface area (Å²) >= 11 is 0. The monoisotopic (exact) mass is 460 g/mol. The molecule has 7 rings (SSSR count). The second-order valence-electron chi connectivity index (χ2n) is 11.1. The second-order valence-corrected chi connectivity index (χ2v) is 11.1. The summed E-state index contributed by atoms with van der Waals surface area (Å²) in [6.07, 6.45) is 6.85. The van der Waals surface area contributed by atoms with Gasteiger partial charge >= 0.3 is 6.09 Å². The van der Waals surface area contributed by atoms with Crippen LogP contribution in [0.25, 0.3) is 11.1 Å². The number of hydrogen-bond donors (Lipinski definition) is 1. The minimum absolute atomic E-state index is 0.0448. The molecule has 2 aliphatic carbocycles. The minimum Gasteiger partial charge on any atom is -0.491 e. The Labute approximate surface area is 202 Å². The number of benzene rings is 2. The van der Waals surface area contributed by atoms with Crippen LogP contribution in [0.15, 0.2) is 42.5 Å². The van der Waals surface area contributed by atoms with Gasteiger partial charge in [0.25, 0.3) is 0 Å². The first-order valence-electron chi connectivity index (χ1n) is 13.1. The standard InChI is InChI=1S/C29H36N2O3/c1-19(2)33-24-5-3-4-21(17-24)22-6-7-25-23(16-22)8-11-29(12-13-29)27(25)30-28(32)34-26-18-31-14-9-20(26)10-15-31/h3-7,16-17,19-20,26-27H,8-15,18H2,1-2H3,(H,30,32)/t26-,27?/m0/s1. The Morgan fingerprint density at radius 2 is 1.85 bits per heavy atom. The van der Waals surface area contributed by atoms with Crippen LogP contribution in [0.2, 0.25) is 0 Å². The molecule has 3 saturated heterocycles. The SMILES string of the molecule is CC(C)Oc1cccc(-c2ccc3c(c2)CCC2(CC2)C3NC(=O)O[C@H]2CN3CCC2CC3)c1. The van der Waals surface area contributed by atoms with E-state index in [4.69, 9.17) is 9.47 Å². The van der Waals surface area contributed by atoms with E-state index in [1.807, 2.05) is 19.9 Å². The molecule has 1 saturated carbocycles. The lowest BCUT2D eigenvalue weighted by atomic mass is 9.76. The molecule has 4 fully saturated rings. The predicted molar refractivity (Wildman–Crippen MR) is 133 cm³/mol. The van der Waals surface area contributed by atoms with Crippen LogP contribution in [0, 0.1) is 11.3 Å². The summed E-state index contributed by atoms with van der Waals surface area (Å²) in [6, 6.07) is 15.1. The van der Waals surface area contributed by atoms with Crippen LogP contribution in [0.3, 0.4) is 0 Å². The molecular formula is C29H36N2O3. The Hall–Kier alpha value is -2.53. The number of hydrogen-bond acceptors (Lipinski definition) is 4. The summed E-state index contributed by atoms with van der Waals surface area (Å²) in [5, 5.41) is 3.32. The van der Waals surface area contributed by atoms with E-state index in [1.165, 1.54) is 35.1 Å². The van der Waals surface area contributed by atoms with Crippen molar-refractivity contribution in [2.45, 2.75) is 70.6 Å². The van der Waals surface area contributed by atoms with Crippen molar-refractivity contribution in [1.29, 1.82) is 0 Å². The molecule has 1 unspecified atom stereocenters. The molecule has 0 aromatic heterocycles. The molecule has 2 aromatic carbocycles. The number of fused-ring (bicyclic) bond motifs is 4. The lowest BCUT2D eigenvalue weighted by molar-refractivity contribution is -0.0347. The maximum Gasteiger partial charge on any atom is 0.407 e. The zero-order chi connectivity index (χ0) is 23.3. The van der Waals surface area contributed by atoms with Crippen LogP contribution in [-0.4, -0.2) is 42.8 Å². The first-order chi connectivity index (χ1) is 16.5. The fraction of sp³-hybridized carbons (Fsp3) is 0.552. The molecule has 2 bridgehead atoms. The second kappa shape index (κ2) is 8.60. The van der Waals surface area contributed by atoms with Crippen LogP contribution >= 0.6 is 0 Å². The highest BCUT2D eigenvalue weighted by atomic mass is 16.6. The van der Waals surface area contributed by atoms with E-state index in [0.29, 0.717) is 5.92 Å². The van der Waals surface area contributed by atoms with E-state index in [0.717, 1.165) is 51.1 Å². The van der Waals surface area contributed by atoms with Gasteiger partial charge in [0.1, 0.15) is 11.9 Å². The number of alkyl carbamates (subject to hydrolysis) is 1. The number of nitrogens with zero attached hydrogens (tertiary/aromatic N) is 1. The van der Waals surface area contributed by atoms with Gasteiger partial charge in [-0.2, -0.15) is 0 Å². The number of piperidine rings is 3. The number of carbonyl (C=O) groups is 1. The van der Waals surface area contributed by atoms with Gasteiger partial charge in [0.05, 0.1) is 12.1 Å². The predicted octanol–water partition coefficient (Wildman–Crippen LogP) is 5.73. The van der Waals surface area contributed by atoms with E-state index in [2.05, 4.69) is 46.6 Å². The quantitative estimate of drug-likeness (QED) is 0.619. The van der Waals surface area contributed by atoms with Gasteiger partial charge in [-0.05, 0) is 111 Å². The summed E-state index contributed by atoms with van der Waals surface area (Å²) in [5.74, 6) is 1.43. The fourth-order valence-corrected chi connectivity index (χ4v) is 6.43. The maximum atomic E-state index is 13.0. The van der Waals surface area contributed by atoms with E-state index >= 15 is 0 Å². The summed E-state index contributed by atoms with van der Waals surface area (Å²) in [4.78, 5) is 15.5. The summed E-state index contributed by atoms with van der Waals surface area (Å²) in [5.41, 5.74) is 5.20. The Morgan fingerprint density at radius 3 is 2.56 bits per heavy atom. The Balaban J connectivity index is 1.21. The van der Waals surface area contributed by atoms with Crippen LogP contribution in [0.1, 0.15) is 63.1 Å². The normalized spacial score (nSPS) is 28.4. The number of rotatable bonds is 5. The van der Waals surface area contributed by atoms with Crippen molar-refractivity contribution in [3.63, 3.8) is 0 Å². The average molecular weight is 461 g/mol. The number of ether oxygens (including phenoxy) is 2. The molecule has 2 aromatic rings. The van der Waals surface area contributed by atoms with Crippen LogP contribution in [0.5, 0.6) is 5.75 Å². The van der Waals surface area contributed by atoms with Gasteiger partial charge in [-0.25, -0.2) is 4.79 Å². The largest absolute Gasteiger partial charge is 0.491 e. The number of carbonyl (C=O) groups excluding carboxylic acids is 1. The Morgan fingerprint density at radius 1 is 1.06 bits per heavy atom. The van der Waals surface area contributed by atoms with Gasteiger partial charge in [0.2, 0.25) is 0 Å². The van der Waals surface area contributed by atoms with E-state index < -0.39 is 0 Å². The molecule has 1 spiro atoms. The molecule has 5 nitrogen and oxygen atoms in total. The Bertz CT molecular complexity index is 1070. The molecule has 1 N–H and O–H groups in total. The van der Waals surface area contributed by atoms with E-state index in [-0.39, 0.29) is 29.8 Å². The topological polar surface area (TPSA) is 50.8 Å². The molecule has 5 aliphatic rings. The van der Waals surface area contributed by atoms with Gasteiger partial charge in [0.15, 0.2) is 0 Å². The molecule has 34 heavy (non-hydrogen) atoms. The molecule has 3 heterocycles. The van der Waals surface area contributed by atoms with E-state index in [9.17, 15) is 4.79 Å². The number of nitrogens with one attached hydrogen (secondary N) is 1.